The van der Waals surface area contributed by atoms with E-state index in [-0.39, 0.29) is 0 Å². The van der Waals surface area contributed by atoms with Gasteiger partial charge in [0.15, 0.2) is 0 Å². The van der Waals surface area contributed by atoms with E-state index in [1.807, 2.05) is 41.4 Å². The predicted molar refractivity (Wildman–Crippen MR) is 94.0 cm³/mol. The number of benzene rings is 2. The minimum atomic E-state index is 0.895. The Hall–Kier alpha value is -1.04. The van der Waals surface area contributed by atoms with Gasteiger partial charge in [-0.3, -0.25) is 0 Å². The standard InChI is InChI=1S/C15H10Br2N2S/c1-10-19(14-8-7-12(16)9-13(14)17)18-15(20-10)11-5-3-2-4-6-11/h2-9H,1H2. The van der Waals surface area contributed by atoms with Crippen LogP contribution >= 0.6 is 43.6 Å². The van der Waals surface area contributed by atoms with Gasteiger partial charge in [0.2, 0.25) is 0 Å². The van der Waals surface area contributed by atoms with Crippen LogP contribution in [0.1, 0.15) is 5.56 Å². The Morgan fingerprint density at radius 1 is 1.05 bits per heavy atom. The molecular weight excluding hydrogens is 400 g/mol. The van der Waals surface area contributed by atoms with Crippen molar-refractivity contribution in [3.8, 4) is 0 Å². The summed E-state index contributed by atoms with van der Waals surface area (Å²) in [6, 6.07) is 16.1. The highest BCUT2D eigenvalue weighted by Crippen LogP contribution is 2.39. The molecule has 20 heavy (non-hydrogen) atoms. The molecule has 0 bridgehead atoms. The van der Waals surface area contributed by atoms with Gasteiger partial charge < -0.3 is 0 Å². The maximum Gasteiger partial charge on any atom is 0.131 e. The Kier molecular flexibility index (Phi) is 4.01. The van der Waals surface area contributed by atoms with Crippen LogP contribution in [0.5, 0.6) is 0 Å². The summed E-state index contributed by atoms with van der Waals surface area (Å²) in [7, 11) is 0. The Bertz CT molecular complexity index is 698. The van der Waals surface area contributed by atoms with Crippen molar-refractivity contribution < 1.29 is 0 Å². The third-order valence-corrected chi connectivity index (χ3v) is 4.85. The smallest absolute Gasteiger partial charge is 0.131 e. The fourth-order valence-electron chi connectivity index (χ4n) is 1.86. The molecule has 0 amide bonds. The summed E-state index contributed by atoms with van der Waals surface area (Å²) in [6.07, 6.45) is 0. The van der Waals surface area contributed by atoms with Crippen molar-refractivity contribution in [2.24, 2.45) is 5.10 Å². The highest BCUT2D eigenvalue weighted by atomic mass is 79.9. The Morgan fingerprint density at radius 2 is 1.80 bits per heavy atom. The molecule has 0 spiro atoms. The normalized spacial score (nSPS) is 14.6. The first-order valence-corrected chi connectivity index (χ1v) is 8.31. The van der Waals surface area contributed by atoms with E-state index in [2.05, 4.69) is 55.7 Å². The lowest BCUT2D eigenvalue weighted by atomic mass is 10.2. The molecule has 5 heteroatoms. The molecule has 2 aromatic carbocycles. The summed E-state index contributed by atoms with van der Waals surface area (Å²) >= 11 is 8.61. The fraction of sp³-hybridized carbons (Fsp3) is 0. The van der Waals surface area contributed by atoms with E-state index >= 15 is 0 Å². The van der Waals surface area contributed by atoms with Gasteiger partial charge in [0, 0.05) is 14.5 Å². The van der Waals surface area contributed by atoms with Crippen molar-refractivity contribution in [1.82, 2.24) is 0 Å². The molecule has 0 aliphatic carbocycles. The molecule has 0 unspecified atom stereocenters. The average molecular weight is 410 g/mol. The van der Waals surface area contributed by atoms with Crippen molar-refractivity contribution >= 4 is 54.4 Å². The summed E-state index contributed by atoms with van der Waals surface area (Å²) < 4.78 is 2.00. The zero-order valence-corrected chi connectivity index (χ0v) is 14.4. The molecule has 1 aliphatic heterocycles. The molecule has 1 aliphatic rings. The van der Waals surface area contributed by atoms with Crippen LogP contribution in [-0.2, 0) is 0 Å². The lowest BCUT2D eigenvalue weighted by molar-refractivity contribution is 1.08. The third kappa shape index (κ3) is 2.71. The van der Waals surface area contributed by atoms with Crippen LogP contribution in [0.2, 0.25) is 0 Å². The molecule has 1 heterocycles. The van der Waals surface area contributed by atoms with Crippen LogP contribution in [0.15, 0.2) is 74.2 Å². The highest BCUT2D eigenvalue weighted by Gasteiger charge is 2.23. The molecular formula is C15H10Br2N2S. The van der Waals surface area contributed by atoms with Crippen LogP contribution in [0, 0.1) is 0 Å². The molecule has 0 saturated carbocycles. The van der Waals surface area contributed by atoms with Gasteiger partial charge in [-0.05, 0) is 45.9 Å². The van der Waals surface area contributed by atoms with Crippen molar-refractivity contribution in [2.45, 2.75) is 0 Å². The Balaban J connectivity index is 1.98. The number of hydrogen-bond donors (Lipinski definition) is 0. The van der Waals surface area contributed by atoms with Crippen LogP contribution in [0.4, 0.5) is 5.69 Å². The lowest BCUT2D eigenvalue weighted by Crippen LogP contribution is -2.08. The number of rotatable bonds is 2. The molecule has 3 rings (SSSR count). The monoisotopic (exact) mass is 408 g/mol. The second-order valence-corrected chi connectivity index (χ2v) is 7.01. The first-order valence-electron chi connectivity index (χ1n) is 5.91. The van der Waals surface area contributed by atoms with Crippen molar-refractivity contribution in [3.63, 3.8) is 0 Å². The fourth-order valence-corrected chi connectivity index (χ4v) is 3.90. The summed E-state index contributed by atoms with van der Waals surface area (Å²) in [5.41, 5.74) is 2.09. The van der Waals surface area contributed by atoms with E-state index in [9.17, 15) is 0 Å². The minimum absolute atomic E-state index is 0.895. The zero-order valence-electron chi connectivity index (χ0n) is 10.4. The van der Waals surface area contributed by atoms with E-state index in [1.54, 1.807) is 11.8 Å². The van der Waals surface area contributed by atoms with Gasteiger partial charge in [-0.15, -0.1) is 0 Å². The van der Waals surface area contributed by atoms with E-state index in [0.29, 0.717) is 0 Å². The molecule has 0 N–H and O–H groups in total. The Morgan fingerprint density at radius 3 is 2.50 bits per heavy atom. The van der Waals surface area contributed by atoms with E-state index in [4.69, 9.17) is 0 Å². The zero-order chi connectivity index (χ0) is 14.1. The summed E-state index contributed by atoms with van der Waals surface area (Å²) in [6.45, 7) is 4.09. The average Bonchev–Trinajstić information content (AvgIpc) is 2.82. The number of hydrogen-bond acceptors (Lipinski definition) is 3. The molecule has 0 saturated heterocycles. The van der Waals surface area contributed by atoms with Crippen LogP contribution in [0.3, 0.4) is 0 Å². The van der Waals surface area contributed by atoms with E-state index in [1.165, 1.54) is 0 Å². The molecule has 0 aromatic heterocycles. The van der Waals surface area contributed by atoms with Crippen LogP contribution in [0.25, 0.3) is 0 Å². The molecule has 0 radical (unpaired) electrons. The number of thioether (sulfide) groups is 1. The quantitative estimate of drug-likeness (QED) is 0.641. The molecule has 2 nitrogen and oxygen atoms in total. The van der Waals surface area contributed by atoms with Gasteiger partial charge >= 0.3 is 0 Å². The number of halogens is 2. The minimum Gasteiger partial charge on any atom is -0.225 e. The van der Waals surface area contributed by atoms with E-state index < -0.39 is 0 Å². The predicted octanol–water partition coefficient (Wildman–Crippen LogP) is 5.60. The molecule has 2 aromatic rings. The van der Waals surface area contributed by atoms with Crippen LogP contribution in [-0.4, -0.2) is 5.04 Å². The Labute approximate surface area is 138 Å². The second-order valence-electron chi connectivity index (χ2n) is 4.17. The SMILES string of the molecule is C=C1SC(c2ccccc2)=NN1c1ccc(Br)cc1Br. The summed E-state index contributed by atoms with van der Waals surface area (Å²) in [5.74, 6) is 0. The maximum absolute atomic E-state index is 4.67. The second kappa shape index (κ2) is 5.76. The number of anilines is 1. The van der Waals surface area contributed by atoms with Crippen molar-refractivity contribution in [3.05, 3.63) is 74.6 Å². The topological polar surface area (TPSA) is 15.6 Å². The number of hydrazone groups is 1. The summed E-state index contributed by atoms with van der Waals surface area (Å²) in [5, 5.41) is 8.39. The van der Waals surface area contributed by atoms with Crippen molar-refractivity contribution in [2.75, 3.05) is 5.01 Å². The van der Waals surface area contributed by atoms with E-state index in [0.717, 1.165) is 30.3 Å². The first-order chi connectivity index (χ1) is 9.65. The third-order valence-electron chi connectivity index (χ3n) is 2.80. The van der Waals surface area contributed by atoms with Gasteiger partial charge in [-0.25, -0.2) is 5.01 Å². The largest absolute Gasteiger partial charge is 0.225 e. The van der Waals surface area contributed by atoms with Crippen LogP contribution < -0.4 is 5.01 Å². The molecule has 0 atom stereocenters. The highest BCUT2D eigenvalue weighted by molar-refractivity contribution is 9.11. The van der Waals surface area contributed by atoms with Crippen molar-refractivity contribution in [1.29, 1.82) is 0 Å². The van der Waals surface area contributed by atoms with Gasteiger partial charge in [-0.2, -0.15) is 5.10 Å². The van der Waals surface area contributed by atoms with Gasteiger partial charge in [0.25, 0.3) is 0 Å². The van der Waals surface area contributed by atoms with Gasteiger partial charge in [-0.1, -0.05) is 52.8 Å². The first kappa shape index (κ1) is 13.9. The molecule has 0 fully saturated rings. The maximum atomic E-state index is 4.67. The number of nitrogens with zero attached hydrogens (tertiary/aromatic N) is 2. The molecule has 100 valence electrons. The lowest BCUT2D eigenvalue weighted by Gasteiger charge is -2.16. The van der Waals surface area contributed by atoms with Gasteiger partial charge in [0.05, 0.1) is 10.7 Å². The van der Waals surface area contributed by atoms with Gasteiger partial charge in [0.1, 0.15) is 5.04 Å². The summed E-state index contributed by atoms with van der Waals surface area (Å²) in [4.78, 5) is 0.